The minimum absolute atomic E-state index is 0.0295. The number of anilines is 1. The quantitative estimate of drug-likeness (QED) is 0.161. The van der Waals surface area contributed by atoms with Crippen molar-refractivity contribution in [2.24, 2.45) is 0 Å². The smallest absolute Gasteiger partial charge is 0.340 e. The predicted molar refractivity (Wildman–Crippen MR) is 132 cm³/mol. The highest BCUT2D eigenvalue weighted by Gasteiger charge is 2.46. The van der Waals surface area contributed by atoms with Crippen LogP contribution in [0, 0.1) is 11.6 Å². The molecule has 0 spiro atoms. The number of aliphatic hydroxyl groups is 2. The van der Waals surface area contributed by atoms with Gasteiger partial charge in [0.25, 0.3) is 0 Å². The van der Waals surface area contributed by atoms with Gasteiger partial charge in [0.1, 0.15) is 23.5 Å². The molecule has 2 aromatic heterocycles. The van der Waals surface area contributed by atoms with Crippen molar-refractivity contribution in [3.63, 3.8) is 0 Å². The number of pyridine rings is 1. The van der Waals surface area contributed by atoms with Crippen molar-refractivity contribution in [1.82, 2.24) is 14.8 Å². The second kappa shape index (κ2) is 10.4. The van der Waals surface area contributed by atoms with E-state index in [1.165, 1.54) is 18.3 Å². The number of aryl methyl sites for hydroxylation is 1. The van der Waals surface area contributed by atoms with Gasteiger partial charge in [-0.15, -0.1) is 0 Å². The van der Waals surface area contributed by atoms with E-state index in [2.05, 4.69) is 15.4 Å². The van der Waals surface area contributed by atoms with E-state index in [0.717, 1.165) is 10.7 Å². The zero-order valence-corrected chi connectivity index (χ0v) is 22.3. The number of aliphatic hydroxyl groups excluding tert-OH is 2. The molecule has 1 saturated heterocycles. The van der Waals surface area contributed by atoms with E-state index in [-0.39, 0.29) is 16.8 Å². The molecule has 6 atom stereocenters. The summed E-state index contributed by atoms with van der Waals surface area (Å²) in [7, 11) is -9.59. The van der Waals surface area contributed by atoms with E-state index in [9.17, 15) is 33.0 Å². The van der Waals surface area contributed by atoms with Crippen LogP contribution in [0.25, 0.3) is 11.0 Å². The van der Waals surface area contributed by atoms with Crippen LogP contribution in [0.2, 0.25) is 5.15 Å². The molecule has 1 aliphatic heterocycles. The van der Waals surface area contributed by atoms with Gasteiger partial charge in [0.05, 0.1) is 29.9 Å². The van der Waals surface area contributed by atoms with Crippen LogP contribution in [-0.2, 0) is 24.8 Å². The number of nitrogens with one attached hydrogen (secondary N) is 1. The van der Waals surface area contributed by atoms with Crippen LogP contribution in [0.15, 0.2) is 24.4 Å². The maximum absolute atomic E-state index is 13.9. The second-order valence-corrected chi connectivity index (χ2v) is 13.7. The number of ether oxygens (including phenoxy) is 1. The number of hydrogen-bond acceptors (Lipinski definition) is 9. The van der Waals surface area contributed by atoms with E-state index in [1.807, 2.05) is 0 Å². The Morgan fingerprint density at radius 1 is 1.15 bits per heavy atom. The fourth-order valence-corrected chi connectivity index (χ4v) is 7.52. The minimum Gasteiger partial charge on any atom is -0.387 e. The molecular formula is C21H23ClF2N4O9P2. The highest BCUT2D eigenvalue weighted by atomic mass is 35.5. The normalized spacial score (nSPS) is 26.6. The molecule has 0 saturated carbocycles. The predicted octanol–water partition coefficient (Wildman–Crippen LogP) is 2.42. The van der Waals surface area contributed by atoms with Gasteiger partial charge in [-0.05, 0) is 42.2 Å². The zero-order valence-electron chi connectivity index (χ0n) is 19.8. The van der Waals surface area contributed by atoms with Gasteiger partial charge in [-0.2, -0.15) is 5.10 Å². The summed E-state index contributed by atoms with van der Waals surface area (Å²) in [6.45, 7) is -0.763. The molecule has 39 heavy (non-hydrogen) atoms. The first-order valence-electron chi connectivity index (χ1n) is 11.5. The Labute approximate surface area is 224 Å². The average Bonchev–Trinajstić information content (AvgIpc) is 3.48. The van der Waals surface area contributed by atoms with Gasteiger partial charge in [-0.3, -0.25) is 9.13 Å². The van der Waals surface area contributed by atoms with Crippen molar-refractivity contribution in [3.8, 4) is 0 Å². The van der Waals surface area contributed by atoms with Crippen LogP contribution in [-0.4, -0.2) is 70.5 Å². The summed E-state index contributed by atoms with van der Waals surface area (Å²) < 4.78 is 62.0. The molecule has 0 amide bonds. The first kappa shape index (κ1) is 28.5. The summed E-state index contributed by atoms with van der Waals surface area (Å²) in [4.78, 5) is 31.8. The van der Waals surface area contributed by atoms with Crippen molar-refractivity contribution < 1.29 is 52.1 Å². The molecule has 2 aliphatic rings. The molecular weight excluding hydrogens is 588 g/mol. The van der Waals surface area contributed by atoms with Crippen LogP contribution in [0.5, 0.6) is 0 Å². The number of nitrogens with zero attached hydrogens (tertiary/aromatic N) is 3. The molecule has 1 unspecified atom stereocenters. The van der Waals surface area contributed by atoms with Crippen LogP contribution in [0.4, 0.5) is 14.5 Å². The standard InChI is InChI=1S/C21H23ClF2N4O9P2/c22-17-5-15(26-14-2-1-9-3-12(23)13(24)4-10(9)14)11-6-25-28(20(11)27-17)21-19(30)18(29)16(37-21)7-36-39(34,35)8-38(31,32)33/h3-6,14,16,18-19,21,29-30H,1-2,7-8H2,(H,26,27)(H,34,35)(H2,31,32,33)/t14-,16-,18-,19-,21-/m1/s1. The first-order valence-corrected chi connectivity index (χ1v) is 15.5. The first-order chi connectivity index (χ1) is 18.2. The van der Waals surface area contributed by atoms with Gasteiger partial charge in [-0.25, -0.2) is 18.4 Å². The van der Waals surface area contributed by atoms with Crippen LogP contribution >= 0.6 is 26.8 Å². The molecule has 212 valence electrons. The van der Waals surface area contributed by atoms with E-state index in [1.54, 1.807) is 0 Å². The van der Waals surface area contributed by atoms with E-state index in [4.69, 9.17) is 30.6 Å². The highest BCUT2D eigenvalue weighted by molar-refractivity contribution is 7.70. The lowest BCUT2D eigenvalue weighted by Gasteiger charge is -2.18. The maximum Gasteiger partial charge on any atom is 0.340 e. The molecule has 1 aromatic carbocycles. The maximum atomic E-state index is 13.9. The van der Waals surface area contributed by atoms with Crippen LogP contribution < -0.4 is 5.32 Å². The van der Waals surface area contributed by atoms with Crippen LogP contribution in [0.3, 0.4) is 0 Å². The minimum atomic E-state index is -4.87. The molecule has 18 heteroatoms. The molecule has 0 radical (unpaired) electrons. The van der Waals surface area contributed by atoms with E-state index >= 15 is 0 Å². The van der Waals surface area contributed by atoms with Gasteiger partial charge in [-0.1, -0.05) is 11.6 Å². The molecule has 0 bridgehead atoms. The van der Waals surface area contributed by atoms with Crippen molar-refractivity contribution in [1.29, 1.82) is 0 Å². The van der Waals surface area contributed by atoms with Gasteiger partial charge in [0, 0.05) is 0 Å². The second-order valence-electron chi connectivity index (χ2n) is 9.31. The van der Waals surface area contributed by atoms with Gasteiger partial charge < -0.3 is 39.5 Å². The Morgan fingerprint density at radius 2 is 1.87 bits per heavy atom. The summed E-state index contributed by atoms with van der Waals surface area (Å²) in [6.07, 6.45) is -3.43. The molecule has 5 rings (SSSR count). The number of benzene rings is 1. The molecule has 1 aliphatic carbocycles. The Bertz CT molecular complexity index is 1520. The molecule has 6 N–H and O–H groups in total. The summed E-state index contributed by atoms with van der Waals surface area (Å²) in [5, 5.41) is 29.0. The monoisotopic (exact) mass is 610 g/mol. The van der Waals surface area contributed by atoms with Crippen molar-refractivity contribution in [3.05, 3.63) is 52.3 Å². The fraction of sp³-hybridized carbons (Fsp3) is 0.429. The number of hydrogen-bond donors (Lipinski definition) is 6. The lowest BCUT2D eigenvalue weighted by atomic mass is 10.1. The number of halogens is 3. The number of rotatable bonds is 8. The summed E-state index contributed by atoms with van der Waals surface area (Å²) in [6, 6.07) is 3.48. The number of aromatic nitrogens is 3. The molecule has 13 nitrogen and oxygen atoms in total. The molecule has 3 aromatic rings. The molecule has 1 fully saturated rings. The third-order valence-electron chi connectivity index (χ3n) is 6.51. The lowest BCUT2D eigenvalue weighted by Crippen LogP contribution is -2.33. The third kappa shape index (κ3) is 5.89. The van der Waals surface area contributed by atoms with Gasteiger partial charge in [0.2, 0.25) is 0 Å². The Hall–Kier alpha value is -2.03. The van der Waals surface area contributed by atoms with E-state index in [0.29, 0.717) is 35.0 Å². The van der Waals surface area contributed by atoms with Gasteiger partial charge >= 0.3 is 15.2 Å². The van der Waals surface area contributed by atoms with Crippen LogP contribution in [0.1, 0.15) is 29.8 Å². The zero-order chi connectivity index (χ0) is 28.3. The third-order valence-corrected chi connectivity index (χ3v) is 10.2. The van der Waals surface area contributed by atoms with Crippen molar-refractivity contribution in [2.45, 2.75) is 43.4 Å². The average molecular weight is 611 g/mol. The van der Waals surface area contributed by atoms with E-state index < -0.39 is 63.9 Å². The Morgan fingerprint density at radius 3 is 2.59 bits per heavy atom. The summed E-state index contributed by atoms with van der Waals surface area (Å²) in [5.74, 6) is -3.31. The summed E-state index contributed by atoms with van der Waals surface area (Å²) in [5.41, 5.74) is 1.88. The fourth-order valence-electron chi connectivity index (χ4n) is 4.76. The highest BCUT2D eigenvalue weighted by Crippen LogP contribution is 2.55. The Kier molecular flexibility index (Phi) is 7.61. The van der Waals surface area contributed by atoms with Crippen molar-refractivity contribution in [2.75, 3.05) is 17.8 Å². The SMILES string of the molecule is O=P(O)(O)CP(=O)(O)OC[C@H]1O[C@@H](n2ncc3c(N[C@@H]4CCc5cc(F)c(F)cc54)cc(Cl)nc32)[C@H](O)[C@@H]1O. The summed E-state index contributed by atoms with van der Waals surface area (Å²) >= 11 is 6.24. The van der Waals surface area contributed by atoms with Gasteiger partial charge in [0.15, 0.2) is 29.4 Å². The molecule has 3 heterocycles. The van der Waals surface area contributed by atoms with Crippen molar-refractivity contribution >= 4 is 43.5 Å². The largest absolute Gasteiger partial charge is 0.387 e. The Balaban J connectivity index is 1.37. The number of fused-ring (bicyclic) bond motifs is 2. The topological polar surface area (TPSA) is 196 Å². The lowest BCUT2D eigenvalue weighted by molar-refractivity contribution is -0.0541.